The molecule has 1 atom stereocenters. The van der Waals surface area contributed by atoms with Crippen LogP contribution in [0.3, 0.4) is 0 Å². The van der Waals surface area contributed by atoms with Crippen LogP contribution in [0.25, 0.3) is 10.8 Å². The molecule has 0 aromatic heterocycles. The number of rotatable bonds is 4. The van der Waals surface area contributed by atoms with Crippen molar-refractivity contribution in [2.45, 2.75) is 5.92 Å². The van der Waals surface area contributed by atoms with Gasteiger partial charge in [0.25, 0.3) is 5.69 Å². The van der Waals surface area contributed by atoms with Crippen LogP contribution >= 0.6 is 0 Å². The molecule has 3 rings (SSSR count). The van der Waals surface area contributed by atoms with Crippen molar-refractivity contribution in [3.63, 3.8) is 0 Å². The Labute approximate surface area is 138 Å². The molecule has 24 heavy (non-hydrogen) atoms. The van der Waals surface area contributed by atoms with E-state index in [1.807, 2.05) is 30.3 Å². The molecule has 0 N–H and O–H groups in total. The summed E-state index contributed by atoms with van der Waals surface area (Å²) in [4.78, 5) is 23.3. The second-order valence-electron chi connectivity index (χ2n) is 5.34. The van der Waals surface area contributed by atoms with Crippen LogP contribution in [0.4, 0.5) is 5.69 Å². The summed E-state index contributed by atoms with van der Waals surface area (Å²) in [6.07, 6.45) is 0. The van der Waals surface area contributed by atoms with Gasteiger partial charge in [0.2, 0.25) is 0 Å². The molecule has 0 bridgehead atoms. The highest BCUT2D eigenvalue weighted by Gasteiger charge is 2.27. The number of benzene rings is 3. The Morgan fingerprint density at radius 2 is 1.58 bits per heavy atom. The minimum Gasteiger partial charge on any atom is -0.468 e. The number of nitro groups is 1. The summed E-state index contributed by atoms with van der Waals surface area (Å²) < 4.78 is 4.97. The van der Waals surface area contributed by atoms with Crippen molar-refractivity contribution in [3.05, 3.63) is 88.0 Å². The van der Waals surface area contributed by atoms with Gasteiger partial charge < -0.3 is 4.74 Å². The summed E-state index contributed by atoms with van der Waals surface area (Å²) >= 11 is 0. The van der Waals surface area contributed by atoms with E-state index in [0.29, 0.717) is 16.3 Å². The first-order valence-corrected chi connectivity index (χ1v) is 7.42. The third-order valence-electron chi connectivity index (χ3n) is 4.01. The first-order valence-electron chi connectivity index (χ1n) is 7.42. The minimum atomic E-state index is -0.637. The van der Waals surface area contributed by atoms with E-state index in [1.54, 1.807) is 30.3 Å². The van der Waals surface area contributed by atoms with Gasteiger partial charge in [-0.3, -0.25) is 14.9 Å². The summed E-state index contributed by atoms with van der Waals surface area (Å²) in [5.41, 5.74) is 1.49. The molecule has 5 nitrogen and oxygen atoms in total. The largest absolute Gasteiger partial charge is 0.468 e. The van der Waals surface area contributed by atoms with E-state index < -0.39 is 16.8 Å². The monoisotopic (exact) mass is 321 g/mol. The first kappa shape index (κ1) is 15.7. The number of hydrogen-bond acceptors (Lipinski definition) is 4. The average Bonchev–Trinajstić information content (AvgIpc) is 2.62. The van der Waals surface area contributed by atoms with Gasteiger partial charge in [0.15, 0.2) is 0 Å². The molecular weight excluding hydrogens is 306 g/mol. The Balaban J connectivity index is 2.28. The molecule has 0 unspecified atom stereocenters. The first-order chi connectivity index (χ1) is 11.6. The van der Waals surface area contributed by atoms with Crippen molar-refractivity contribution in [3.8, 4) is 0 Å². The van der Waals surface area contributed by atoms with E-state index in [0.717, 1.165) is 5.56 Å². The lowest BCUT2D eigenvalue weighted by Crippen LogP contribution is -2.16. The number of carbonyl (C=O) groups is 1. The van der Waals surface area contributed by atoms with Crippen molar-refractivity contribution in [2.75, 3.05) is 7.11 Å². The number of esters is 1. The third-order valence-corrected chi connectivity index (χ3v) is 4.01. The minimum absolute atomic E-state index is 0.0195. The second kappa shape index (κ2) is 6.50. The van der Waals surface area contributed by atoms with Gasteiger partial charge in [-0.2, -0.15) is 0 Å². The van der Waals surface area contributed by atoms with Crippen LogP contribution in [-0.4, -0.2) is 18.0 Å². The Bertz CT molecular complexity index is 906. The van der Waals surface area contributed by atoms with Crippen LogP contribution in [0.5, 0.6) is 0 Å². The van der Waals surface area contributed by atoms with Gasteiger partial charge in [0.05, 0.1) is 17.4 Å². The van der Waals surface area contributed by atoms with Crippen molar-refractivity contribution < 1.29 is 14.5 Å². The Hall–Kier alpha value is -3.21. The topological polar surface area (TPSA) is 69.4 Å². The summed E-state index contributed by atoms with van der Waals surface area (Å²) in [7, 11) is 1.34. The predicted molar refractivity (Wildman–Crippen MR) is 90.9 cm³/mol. The summed E-state index contributed by atoms with van der Waals surface area (Å²) in [6, 6.07) is 19.3. The maximum absolute atomic E-state index is 12.4. The van der Waals surface area contributed by atoms with Crippen LogP contribution in [0.15, 0.2) is 66.7 Å². The maximum Gasteiger partial charge on any atom is 0.317 e. The van der Waals surface area contributed by atoms with Gasteiger partial charge in [-0.1, -0.05) is 54.6 Å². The molecule has 0 fully saturated rings. The molecule has 0 saturated heterocycles. The van der Waals surface area contributed by atoms with E-state index in [2.05, 4.69) is 0 Å². The van der Waals surface area contributed by atoms with E-state index in [4.69, 9.17) is 4.74 Å². The molecule has 0 aliphatic carbocycles. The lowest BCUT2D eigenvalue weighted by atomic mass is 9.87. The zero-order chi connectivity index (χ0) is 17.1. The van der Waals surface area contributed by atoms with Gasteiger partial charge in [-0.05, 0) is 22.6 Å². The fourth-order valence-corrected chi connectivity index (χ4v) is 2.92. The number of methoxy groups -OCH3 is 1. The molecule has 0 aliphatic heterocycles. The van der Waals surface area contributed by atoms with Crippen LogP contribution in [0.1, 0.15) is 17.0 Å². The SMILES string of the molecule is COC(=O)[C@H](c1ccccc1)c1ccc([N+](=O)[O-])c2ccccc12. The number of fused-ring (bicyclic) bond motifs is 1. The Morgan fingerprint density at radius 3 is 2.21 bits per heavy atom. The highest BCUT2D eigenvalue weighted by atomic mass is 16.6. The molecule has 0 heterocycles. The smallest absolute Gasteiger partial charge is 0.317 e. The van der Waals surface area contributed by atoms with Gasteiger partial charge >= 0.3 is 5.97 Å². The van der Waals surface area contributed by atoms with E-state index >= 15 is 0 Å². The van der Waals surface area contributed by atoms with Gasteiger partial charge in [-0.25, -0.2) is 0 Å². The van der Waals surface area contributed by atoms with Crippen LogP contribution in [0, 0.1) is 10.1 Å². The number of hydrogen-bond donors (Lipinski definition) is 0. The van der Waals surface area contributed by atoms with E-state index in [1.165, 1.54) is 13.2 Å². The van der Waals surface area contributed by atoms with Gasteiger partial charge in [-0.15, -0.1) is 0 Å². The lowest BCUT2D eigenvalue weighted by molar-refractivity contribution is -0.383. The normalized spacial score (nSPS) is 11.9. The molecule has 0 radical (unpaired) electrons. The number of nitro benzene ring substituents is 1. The maximum atomic E-state index is 12.4. The second-order valence-corrected chi connectivity index (χ2v) is 5.34. The van der Waals surface area contributed by atoms with Crippen LogP contribution < -0.4 is 0 Å². The fourth-order valence-electron chi connectivity index (χ4n) is 2.92. The molecule has 3 aromatic rings. The summed E-state index contributed by atoms with van der Waals surface area (Å²) in [6.45, 7) is 0. The predicted octanol–water partition coefficient (Wildman–Crippen LogP) is 4.05. The molecule has 0 amide bonds. The molecule has 0 aliphatic rings. The Morgan fingerprint density at radius 1 is 0.958 bits per heavy atom. The van der Waals surface area contributed by atoms with Crippen LogP contribution in [-0.2, 0) is 9.53 Å². The molecular formula is C19H15NO4. The molecule has 3 aromatic carbocycles. The number of carbonyl (C=O) groups excluding carboxylic acids is 1. The Kier molecular flexibility index (Phi) is 4.24. The molecule has 5 heteroatoms. The molecule has 120 valence electrons. The molecule has 0 saturated carbocycles. The van der Waals surface area contributed by atoms with E-state index in [9.17, 15) is 14.9 Å². The molecule has 0 spiro atoms. The highest BCUT2D eigenvalue weighted by Crippen LogP contribution is 2.35. The average molecular weight is 321 g/mol. The van der Waals surface area contributed by atoms with Crippen molar-refractivity contribution in [1.82, 2.24) is 0 Å². The van der Waals surface area contributed by atoms with E-state index in [-0.39, 0.29) is 5.69 Å². The number of ether oxygens (including phenoxy) is 1. The standard InChI is InChI=1S/C19H15NO4/c1-24-19(21)18(13-7-3-2-4-8-13)16-11-12-17(20(22)23)15-10-6-5-9-14(15)16/h2-12,18H,1H3/t18-/m1/s1. The van der Waals surface area contributed by atoms with Crippen molar-refractivity contribution in [1.29, 1.82) is 0 Å². The summed E-state index contributed by atoms with van der Waals surface area (Å²) in [5, 5.41) is 12.4. The number of nitrogens with zero attached hydrogens (tertiary/aromatic N) is 1. The fraction of sp³-hybridized carbons (Fsp3) is 0.105. The van der Waals surface area contributed by atoms with Crippen molar-refractivity contribution >= 4 is 22.4 Å². The van der Waals surface area contributed by atoms with Crippen molar-refractivity contribution in [2.24, 2.45) is 0 Å². The zero-order valence-corrected chi connectivity index (χ0v) is 13.0. The van der Waals surface area contributed by atoms with Gasteiger partial charge in [0.1, 0.15) is 5.92 Å². The third kappa shape index (κ3) is 2.72. The zero-order valence-electron chi connectivity index (χ0n) is 13.0. The quantitative estimate of drug-likeness (QED) is 0.413. The highest BCUT2D eigenvalue weighted by molar-refractivity contribution is 5.97. The number of non-ortho nitro benzene ring substituents is 1. The lowest BCUT2D eigenvalue weighted by Gasteiger charge is -2.17. The van der Waals surface area contributed by atoms with Crippen LogP contribution in [0.2, 0.25) is 0 Å². The summed E-state index contributed by atoms with van der Waals surface area (Å²) in [5.74, 6) is -1.04. The van der Waals surface area contributed by atoms with Gasteiger partial charge in [0, 0.05) is 6.07 Å².